The summed E-state index contributed by atoms with van der Waals surface area (Å²) in [7, 11) is 1.57. The van der Waals surface area contributed by atoms with Gasteiger partial charge in [-0.15, -0.1) is 24.0 Å². The Bertz CT molecular complexity index is 731. The lowest BCUT2D eigenvalue weighted by atomic mass is 10.3. The molecule has 136 valence electrons. The van der Waals surface area contributed by atoms with Crippen LogP contribution >= 0.6 is 51.5 Å². The first-order valence-electron chi connectivity index (χ1n) is 7.31. The van der Waals surface area contributed by atoms with Crippen LogP contribution in [-0.4, -0.2) is 25.7 Å². The van der Waals surface area contributed by atoms with Gasteiger partial charge in [0.25, 0.3) is 0 Å². The molecule has 0 saturated carbocycles. The van der Waals surface area contributed by atoms with E-state index < -0.39 is 0 Å². The molecule has 0 fully saturated rings. The molecule has 8 heteroatoms. The van der Waals surface area contributed by atoms with Crippen LogP contribution in [0.25, 0.3) is 0 Å². The Morgan fingerprint density at radius 3 is 2.64 bits per heavy atom. The van der Waals surface area contributed by atoms with E-state index in [4.69, 9.17) is 26.8 Å². The third kappa shape index (κ3) is 6.91. The third-order valence-corrected chi connectivity index (χ3v) is 4.06. The molecule has 0 aromatic heterocycles. The van der Waals surface area contributed by atoms with Gasteiger partial charge in [0.1, 0.15) is 17.6 Å². The first-order valence-corrected chi connectivity index (χ1v) is 8.48. The van der Waals surface area contributed by atoms with Gasteiger partial charge in [0.05, 0.1) is 23.1 Å². The van der Waals surface area contributed by atoms with Gasteiger partial charge in [0.2, 0.25) is 0 Å². The lowest BCUT2D eigenvalue weighted by Gasteiger charge is -2.14. The van der Waals surface area contributed by atoms with Gasteiger partial charge < -0.3 is 20.5 Å². The van der Waals surface area contributed by atoms with Crippen molar-refractivity contribution < 1.29 is 9.47 Å². The molecule has 25 heavy (non-hydrogen) atoms. The largest absolute Gasteiger partial charge is 0.495 e. The monoisotopic (exact) mass is 539 g/mol. The van der Waals surface area contributed by atoms with Gasteiger partial charge in [0, 0.05) is 5.69 Å². The van der Waals surface area contributed by atoms with E-state index in [0.717, 1.165) is 15.9 Å². The second-order valence-electron chi connectivity index (χ2n) is 5.06. The molecule has 0 heterocycles. The Balaban J connectivity index is 0.00000312. The van der Waals surface area contributed by atoms with E-state index >= 15 is 0 Å². The van der Waals surface area contributed by atoms with Gasteiger partial charge >= 0.3 is 0 Å². The Morgan fingerprint density at radius 1 is 1.28 bits per heavy atom. The quantitative estimate of drug-likeness (QED) is 0.310. The molecule has 2 aromatic carbocycles. The number of hydrogen-bond donors (Lipinski definition) is 2. The maximum absolute atomic E-state index is 6.08. The smallest absolute Gasteiger partial charge is 0.193 e. The molecule has 0 aliphatic carbocycles. The normalized spacial score (nSPS) is 12.1. The summed E-state index contributed by atoms with van der Waals surface area (Å²) in [5.74, 6) is 1.67. The molecule has 2 rings (SSSR count). The molecule has 0 aliphatic rings. The molecule has 0 amide bonds. The highest BCUT2D eigenvalue weighted by Gasteiger charge is 2.07. The minimum atomic E-state index is -0.122. The standard InChI is InChI=1S/C17H19BrClN3O2.HI/c1-11(24-15-6-4-3-5-13(15)18)10-21-17(20)22-12-7-8-16(23-2)14(19)9-12;/h3-9,11H,10H2,1-2H3,(H3,20,21,22);1H. The summed E-state index contributed by atoms with van der Waals surface area (Å²) in [6.07, 6.45) is -0.122. The van der Waals surface area contributed by atoms with Gasteiger partial charge in [-0.05, 0) is 53.2 Å². The zero-order valence-corrected chi connectivity index (χ0v) is 18.5. The van der Waals surface area contributed by atoms with Crippen molar-refractivity contribution in [2.24, 2.45) is 10.7 Å². The highest BCUT2D eigenvalue weighted by atomic mass is 127. The highest BCUT2D eigenvalue weighted by Crippen LogP contribution is 2.27. The average Bonchev–Trinajstić information content (AvgIpc) is 2.55. The molecule has 1 unspecified atom stereocenters. The van der Waals surface area contributed by atoms with E-state index in [1.165, 1.54) is 0 Å². The first-order chi connectivity index (χ1) is 11.5. The molecule has 0 saturated heterocycles. The topological polar surface area (TPSA) is 68.9 Å². The van der Waals surface area contributed by atoms with E-state index in [9.17, 15) is 0 Å². The van der Waals surface area contributed by atoms with Gasteiger partial charge in [-0.1, -0.05) is 23.7 Å². The number of anilines is 1. The van der Waals surface area contributed by atoms with Gasteiger partial charge in [-0.2, -0.15) is 0 Å². The van der Waals surface area contributed by atoms with Crippen LogP contribution in [0.15, 0.2) is 51.9 Å². The van der Waals surface area contributed by atoms with Crippen molar-refractivity contribution in [3.63, 3.8) is 0 Å². The summed E-state index contributed by atoms with van der Waals surface area (Å²) in [6.45, 7) is 2.35. The number of nitrogens with zero attached hydrogens (tertiary/aromatic N) is 1. The highest BCUT2D eigenvalue weighted by molar-refractivity contribution is 14.0. The minimum absolute atomic E-state index is 0. The first kappa shape index (κ1) is 21.9. The van der Waals surface area contributed by atoms with Crippen LogP contribution in [0, 0.1) is 0 Å². The summed E-state index contributed by atoms with van der Waals surface area (Å²) < 4.78 is 11.8. The molecule has 0 radical (unpaired) electrons. The maximum atomic E-state index is 6.08. The van der Waals surface area contributed by atoms with Gasteiger partial charge in [-0.25, -0.2) is 4.99 Å². The Morgan fingerprint density at radius 2 is 2.00 bits per heavy atom. The lowest BCUT2D eigenvalue weighted by molar-refractivity contribution is 0.229. The van der Waals surface area contributed by atoms with E-state index in [0.29, 0.717) is 23.3 Å². The summed E-state index contributed by atoms with van der Waals surface area (Å²) in [5.41, 5.74) is 6.64. The number of nitrogens with two attached hydrogens (primary N) is 1. The zero-order chi connectivity index (χ0) is 17.5. The Hall–Kier alpha value is -1.19. The fourth-order valence-corrected chi connectivity index (χ4v) is 2.59. The summed E-state index contributed by atoms with van der Waals surface area (Å²) in [6, 6.07) is 13.0. The van der Waals surface area contributed by atoms with Crippen LogP contribution in [0.3, 0.4) is 0 Å². The number of para-hydroxylation sites is 1. The molecule has 3 N–H and O–H groups in total. The molecule has 0 aliphatic heterocycles. The van der Waals surface area contributed by atoms with Crippen molar-refractivity contribution in [3.05, 3.63) is 52.0 Å². The summed E-state index contributed by atoms with van der Waals surface area (Å²) in [5, 5.41) is 3.49. The van der Waals surface area contributed by atoms with Crippen molar-refractivity contribution in [2.75, 3.05) is 19.0 Å². The van der Waals surface area contributed by atoms with Crippen LogP contribution in [0.4, 0.5) is 5.69 Å². The van der Waals surface area contributed by atoms with E-state index in [1.54, 1.807) is 19.2 Å². The number of hydrogen-bond acceptors (Lipinski definition) is 3. The molecule has 0 bridgehead atoms. The molecule has 5 nitrogen and oxygen atoms in total. The number of halogens is 3. The van der Waals surface area contributed by atoms with E-state index in [2.05, 4.69) is 26.2 Å². The predicted molar refractivity (Wildman–Crippen MR) is 118 cm³/mol. The van der Waals surface area contributed by atoms with Crippen molar-refractivity contribution in [1.82, 2.24) is 0 Å². The van der Waals surface area contributed by atoms with Crippen LogP contribution in [0.2, 0.25) is 5.02 Å². The second kappa shape index (κ2) is 10.7. The van der Waals surface area contributed by atoms with E-state index in [1.807, 2.05) is 37.3 Å². The summed E-state index contributed by atoms with van der Waals surface area (Å²) in [4.78, 5) is 4.29. The summed E-state index contributed by atoms with van der Waals surface area (Å²) >= 11 is 9.52. The molecule has 1 atom stereocenters. The van der Waals surface area contributed by atoms with Crippen LogP contribution in [0.5, 0.6) is 11.5 Å². The number of nitrogens with one attached hydrogen (secondary N) is 1. The number of methoxy groups -OCH3 is 1. The SMILES string of the molecule is COc1ccc(NC(N)=NCC(C)Oc2ccccc2Br)cc1Cl.I. The fourth-order valence-electron chi connectivity index (χ4n) is 1.95. The van der Waals surface area contributed by atoms with Crippen LogP contribution < -0.4 is 20.5 Å². The Labute approximate surface area is 178 Å². The van der Waals surface area contributed by atoms with Gasteiger partial charge in [-0.3, -0.25) is 0 Å². The maximum Gasteiger partial charge on any atom is 0.193 e. The van der Waals surface area contributed by atoms with Crippen molar-refractivity contribution in [2.45, 2.75) is 13.0 Å². The van der Waals surface area contributed by atoms with Crippen LogP contribution in [-0.2, 0) is 0 Å². The predicted octanol–water partition coefficient (Wildman–Crippen LogP) is 4.92. The van der Waals surface area contributed by atoms with Crippen molar-refractivity contribution in [1.29, 1.82) is 0 Å². The molecular formula is C17H20BrClIN3O2. The number of rotatable bonds is 6. The Kier molecular flexibility index (Phi) is 9.37. The second-order valence-corrected chi connectivity index (χ2v) is 6.32. The molecule has 2 aromatic rings. The lowest BCUT2D eigenvalue weighted by Crippen LogP contribution is -2.25. The zero-order valence-electron chi connectivity index (χ0n) is 13.8. The number of guanidine groups is 1. The van der Waals surface area contributed by atoms with Crippen molar-refractivity contribution in [3.8, 4) is 11.5 Å². The van der Waals surface area contributed by atoms with Crippen LogP contribution in [0.1, 0.15) is 6.92 Å². The molecular weight excluding hydrogens is 520 g/mol. The third-order valence-electron chi connectivity index (χ3n) is 3.11. The van der Waals surface area contributed by atoms with Gasteiger partial charge in [0.15, 0.2) is 5.96 Å². The number of ether oxygens (including phenoxy) is 2. The number of aliphatic imine (C=N–C) groups is 1. The minimum Gasteiger partial charge on any atom is -0.495 e. The average molecular weight is 541 g/mol. The number of benzene rings is 2. The molecule has 0 spiro atoms. The van der Waals surface area contributed by atoms with E-state index in [-0.39, 0.29) is 30.1 Å². The van der Waals surface area contributed by atoms with Crippen molar-refractivity contribution >= 4 is 63.2 Å². The fraction of sp³-hybridized carbons (Fsp3) is 0.235.